The van der Waals surface area contributed by atoms with Gasteiger partial charge in [-0.25, -0.2) is 0 Å². The van der Waals surface area contributed by atoms with Crippen LogP contribution in [0.1, 0.15) is 32.1 Å². The third-order valence-corrected chi connectivity index (χ3v) is 2.86. The maximum atomic E-state index is 8.70. The van der Waals surface area contributed by atoms with Gasteiger partial charge < -0.3 is 4.84 Å². The first-order valence-corrected chi connectivity index (χ1v) is 4.44. The van der Waals surface area contributed by atoms with Crippen LogP contribution in [0, 0.1) is 17.2 Å². The van der Waals surface area contributed by atoms with Crippen molar-refractivity contribution in [2.45, 2.75) is 37.7 Å². The lowest BCUT2D eigenvalue weighted by Crippen LogP contribution is -2.33. The Bertz CT molecular complexity index is 223. The molecule has 12 heavy (non-hydrogen) atoms. The van der Waals surface area contributed by atoms with Gasteiger partial charge in [0.05, 0.1) is 6.07 Å². The van der Waals surface area contributed by atoms with Gasteiger partial charge in [-0.2, -0.15) is 5.26 Å². The lowest BCUT2D eigenvalue weighted by Gasteiger charge is -2.32. The molecule has 1 heterocycles. The summed E-state index contributed by atoms with van der Waals surface area (Å²) in [4.78, 5) is 5.33. The lowest BCUT2D eigenvalue weighted by atomic mass is 9.78. The second-order valence-corrected chi connectivity index (χ2v) is 3.67. The molecular formula is C9H12N2O. The van der Waals surface area contributed by atoms with Crippen molar-refractivity contribution in [3.05, 3.63) is 0 Å². The zero-order valence-electron chi connectivity index (χ0n) is 6.99. The summed E-state index contributed by atoms with van der Waals surface area (Å²) in [6.07, 6.45) is 6.70. The minimum atomic E-state index is -0.0205. The topological polar surface area (TPSA) is 45.4 Å². The van der Waals surface area contributed by atoms with E-state index in [0.717, 1.165) is 32.1 Å². The van der Waals surface area contributed by atoms with Crippen LogP contribution >= 0.6 is 0 Å². The molecule has 2 rings (SSSR count). The van der Waals surface area contributed by atoms with Crippen LogP contribution in [0.3, 0.4) is 0 Å². The Morgan fingerprint density at radius 1 is 1.50 bits per heavy atom. The maximum Gasteiger partial charge on any atom is 0.142 e. The van der Waals surface area contributed by atoms with Gasteiger partial charge >= 0.3 is 0 Å². The molecular weight excluding hydrogens is 152 g/mol. The van der Waals surface area contributed by atoms with E-state index in [1.54, 1.807) is 0 Å². The van der Waals surface area contributed by atoms with E-state index in [4.69, 9.17) is 10.1 Å². The smallest absolute Gasteiger partial charge is 0.142 e. The van der Waals surface area contributed by atoms with Gasteiger partial charge in [-0.3, -0.25) is 0 Å². The van der Waals surface area contributed by atoms with Crippen molar-refractivity contribution in [1.82, 2.24) is 0 Å². The molecule has 0 amide bonds. The van der Waals surface area contributed by atoms with E-state index in [1.165, 1.54) is 0 Å². The van der Waals surface area contributed by atoms with Gasteiger partial charge in [0.25, 0.3) is 0 Å². The summed E-state index contributed by atoms with van der Waals surface area (Å²) >= 11 is 0. The van der Waals surface area contributed by atoms with Crippen LogP contribution in [-0.4, -0.2) is 11.8 Å². The summed E-state index contributed by atoms with van der Waals surface area (Å²) in [5, 5.41) is 12.5. The van der Waals surface area contributed by atoms with E-state index in [2.05, 4.69) is 11.2 Å². The summed E-state index contributed by atoms with van der Waals surface area (Å²) in [6, 6.07) is 2.31. The molecule has 0 aromatic rings. The molecule has 3 nitrogen and oxygen atoms in total. The summed E-state index contributed by atoms with van der Waals surface area (Å²) in [6.45, 7) is 0. The van der Waals surface area contributed by atoms with E-state index in [0.29, 0.717) is 0 Å². The Labute approximate surface area is 72.0 Å². The monoisotopic (exact) mass is 164 g/mol. The van der Waals surface area contributed by atoms with Gasteiger partial charge in [0.15, 0.2) is 0 Å². The number of nitrogens with zero attached hydrogens (tertiary/aromatic N) is 2. The van der Waals surface area contributed by atoms with Crippen molar-refractivity contribution in [2.24, 2.45) is 11.1 Å². The highest BCUT2D eigenvalue weighted by molar-refractivity contribution is 5.59. The van der Waals surface area contributed by atoms with Crippen LogP contribution in [-0.2, 0) is 4.84 Å². The molecule has 2 aliphatic rings. The molecule has 0 aromatic carbocycles. The largest absolute Gasteiger partial charge is 0.389 e. The van der Waals surface area contributed by atoms with E-state index >= 15 is 0 Å². The highest BCUT2D eigenvalue weighted by Crippen LogP contribution is 2.38. The molecule has 64 valence electrons. The normalized spacial score (nSPS) is 39.4. The standard InChI is InChI=1S/C9H12N2O/c10-7-8-1-3-9(4-2-8)5-6-11-12-9/h6,8H,1-5H2. The van der Waals surface area contributed by atoms with Crippen molar-refractivity contribution in [2.75, 3.05) is 0 Å². The van der Waals surface area contributed by atoms with Crippen molar-refractivity contribution in [1.29, 1.82) is 5.26 Å². The first kappa shape index (κ1) is 7.60. The van der Waals surface area contributed by atoms with Gasteiger partial charge in [-0.15, -0.1) is 0 Å². The fraction of sp³-hybridized carbons (Fsp3) is 0.778. The third kappa shape index (κ3) is 1.18. The van der Waals surface area contributed by atoms with Crippen LogP contribution in [0.5, 0.6) is 0 Å². The number of oxime groups is 1. The molecule has 1 spiro atoms. The number of hydrogen-bond acceptors (Lipinski definition) is 3. The van der Waals surface area contributed by atoms with Crippen LogP contribution < -0.4 is 0 Å². The first-order valence-electron chi connectivity index (χ1n) is 4.44. The van der Waals surface area contributed by atoms with Crippen molar-refractivity contribution in [3.8, 4) is 6.07 Å². The van der Waals surface area contributed by atoms with Crippen molar-refractivity contribution >= 4 is 6.21 Å². The Kier molecular flexibility index (Phi) is 1.76. The fourth-order valence-corrected chi connectivity index (χ4v) is 1.96. The molecule has 1 fully saturated rings. The van der Waals surface area contributed by atoms with Crippen molar-refractivity contribution in [3.63, 3.8) is 0 Å². The minimum absolute atomic E-state index is 0.0205. The molecule has 0 saturated heterocycles. The average molecular weight is 164 g/mol. The molecule has 1 aliphatic carbocycles. The Balaban J connectivity index is 1.95. The van der Waals surface area contributed by atoms with E-state index < -0.39 is 0 Å². The van der Waals surface area contributed by atoms with E-state index in [-0.39, 0.29) is 11.5 Å². The number of rotatable bonds is 0. The second kappa shape index (κ2) is 2.78. The highest BCUT2D eigenvalue weighted by Gasteiger charge is 2.39. The van der Waals surface area contributed by atoms with Crippen LogP contribution in [0.15, 0.2) is 5.16 Å². The Hall–Kier alpha value is -1.04. The molecule has 0 bridgehead atoms. The molecule has 0 N–H and O–H groups in total. The quantitative estimate of drug-likeness (QED) is 0.548. The molecule has 1 aliphatic heterocycles. The summed E-state index contributed by atoms with van der Waals surface area (Å²) < 4.78 is 0. The minimum Gasteiger partial charge on any atom is -0.389 e. The van der Waals surface area contributed by atoms with E-state index in [1.807, 2.05) is 6.21 Å². The van der Waals surface area contributed by atoms with Gasteiger partial charge in [0, 0.05) is 18.6 Å². The molecule has 1 saturated carbocycles. The third-order valence-electron chi connectivity index (χ3n) is 2.86. The predicted octanol–water partition coefficient (Wildman–Crippen LogP) is 1.85. The van der Waals surface area contributed by atoms with Crippen LogP contribution in [0.25, 0.3) is 0 Å². The summed E-state index contributed by atoms with van der Waals surface area (Å²) in [7, 11) is 0. The number of nitriles is 1. The second-order valence-electron chi connectivity index (χ2n) is 3.67. The first-order chi connectivity index (χ1) is 5.85. The average Bonchev–Trinajstić information content (AvgIpc) is 2.55. The lowest BCUT2D eigenvalue weighted by molar-refractivity contribution is -0.0501. The molecule has 0 radical (unpaired) electrons. The zero-order chi connectivity index (χ0) is 8.44. The summed E-state index contributed by atoms with van der Waals surface area (Å²) in [5.74, 6) is 0.250. The van der Waals surface area contributed by atoms with Gasteiger partial charge in [-0.1, -0.05) is 5.16 Å². The fourth-order valence-electron chi connectivity index (χ4n) is 1.96. The zero-order valence-corrected chi connectivity index (χ0v) is 6.99. The molecule has 0 aromatic heterocycles. The van der Waals surface area contributed by atoms with E-state index in [9.17, 15) is 0 Å². The van der Waals surface area contributed by atoms with Gasteiger partial charge in [0.2, 0.25) is 0 Å². The van der Waals surface area contributed by atoms with Gasteiger partial charge in [0.1, 0.15) is 5.60 Å². The Morgan fingerprint density at radius 3 is 2.75 bits per heavy atom. The predicted molar refractivity (Wildman–Crippen MR) is 44.5 cm³/mol. The SMILES string of the molecule is N#CC1CCC2(CC=NO2)CC1. The van der Waals surface area contributed by atoms with Crippen molar-refractivity contribution < 1.29 is 4.84 Å². The molecule has 3 heteroatoms. The van der Waals surface area contributed by atoms with Gasteiger partial charge in [-0.05, 0) is 25.7 Å². The van der Waals surface area contributed by atoms with Crippen LogP contribution in [0.2, 0.25) is 0 Å². The Morgan fingerprint density at radius 2 is 2.25 bits per heavy atom. The molecule has 0 atom stereocenters. The highest BCUT2D eigenvalue weighted by atomic mass is 16.7. The summed E-state index contributed by atoms with van der Waals surface area (Å²) in [5.41, 5.74) is -0.0205. The van der Waals surface area contributed by atoms with Crippen LogP contribution in [0.4, 0.5) is 0 Å². The molecule has 0 unspecified atom stereocenters. The number of hydrogen-bond donors (Lipinski definition) is 0. The maximum absolute atomic E-state index is 8.70.